The van der Waals surface area contributed by atoms with Crippen molar-refractivity contribution < 1.29 is 9.52 Å². The van der Waals surface area contributed by atoms with Gasteiger partial charge in [-0.15, -0.1) is 11.3 Å². The predicted octanol–water partition coefficient (Wildman–Crippen LogP) is 3.62. The topological polar surface area (TPSA) is 58.3 Å². The Bertz CT molecular complexity index is 641. The van der Waals surface area contributed by atoms with E-state index in [0.29, 0.717) is 12.5 Å². The second kappa shape index (κ2) is 6.14. The molecule has 2 aromatic heterocycles. The predicted molar refractivity (Wildman–Crippen MR) is 88.2 cm³/mol. The molecule has 120 valence electrons. The molecule has 1 fully saturated rings. The minimum atomic E-state index is -0.927. The van der Waals surface area contributed by atoms with Crippen LogP contribution in [0.4, 0.5) is 0 Å². The van der Waals surface area contributed by atoms with Crippen LogP contribution >= 0.6 is 11.3 Å². The molecule has 1 aliphatic rings. The Labute approximate surface area is 135 Å². The van der Waals surface area contributed by atoms with E-state index in [1.54, 1.807) is 11.3 Å². The highest BCUT2D eigenvalue weighted by Gasteiger charge is 2.27. The normalized spacial score (nSPS) is 18.2. The molecule has 1 unspecified atom stereocenters. The van der Waals surface area contributed by atoms with Gasteiger partial charge in [0.05, 0.1) is 5.01 Å². The molecule has 1 aliphatic carbocycles. The van der Waals surface area contributed by atoms with Crippen LogP contribution < -0.4 is 5.32 Å². The third-order valence-electron chi connectivity index (χ3n) is 4.42. The fourth-order valence-corrected chi connectivity index (χ4v) is 3.99. The Morgan fingerprint density at radius 1 is 1.45 bits per heavy atom. The van der Waals surface area contributed by atoms with Crippen molar-refractivity contribution in [3.63, 3.8) is 0 Å². The van der Waals surface area contributed by atoms with Gasteiger partial charge in [-0.1, -0.05) is 6.42 Å². The molecule has 5 heteroatoms. The molecule has 3 rings (SSSR count). The van der Waals surface area contributed by atoms with Gasteiger partial charge in [0.25, 0.3) is 0 Å². The lowest BCUT2D eigenvalue weighted by atomic mass is 9.86. The summed E-state index contributed by atoms with van der Waals surface area (Å²) in [4.78, 5) is 5.76. The third kappa shape index (κ3) is 3.26. The van der Waals surface area contributed by atoms with Gasteiger partial charge in [-0.3, -0.25) is 0 Å². The lowest BCUT2D eigenvalue weighted by molar-refractivity contribution is 0.0552. The van der Waals surface area contributed by atoms with Gasteiger partial charge in [0, 0.05) is 35.6 Å². The number of furan rings is 1. The molecular weight excluding hydrogens is 296 g/mol. The van der Waals surface area contributed by atoms with Crippen molar-refractivity contribution in [1.82, 2.24) is 10.3 Å². The number of aromatic nitrogens is 1. The fraction of sp³-hybridized carbons (Fsp3) is 0.588. The van der Waals surface area contributed by atoms with Crippen molar-refractivity contribution in [2.45, 2.75) is 58.1 Å². The molecule has 0 bridgehead atoms. The van der Waals surface area contributed by atoms with Gasteiger partial charge in [0.15, 0.2) is 0 Å². The highest BCUT2D eigenvalue weighted by atomic mass is 32.1. The fourth-order valence-electron chi connectivity index (χ4n) is 2.94. The van der Waals surface area contributed by atoms with Gasteiger partial charge in [-0.25, -0.2) is 4.98 Å². The van der Waals surface area contributed by atoms with Crippen LogP contribution in [0.15, 0.2) is 16.7 Å². The smallest absolute Gasteiger partial charge is 0.107 e. The Morgan fingerprint density at radius 2 is 2.23 bits per heavy atom. The van der Waals surface area contributed by atoms with Crippen molar-refractivity contribution in [1.29, 1.82) is 0 Å². The van der Waals surface area contributed by atoms with Gasteiger partial charge in [0.2, 0.25) is 0 Å². The van der Waals surface area contributed by atoms with Crippen LogP contribution in [0.25, 0.3) is 0 Å². The van der Waals surface area contributed by atoms with Crippen molar-refractivity contribution in [2.75, 3.05) is 6.54 Å². The van der Waals surface area contributed by atoms with Gasteiger partial charge in [-0.2, -0.15) is 0 Å². The van der Waals surface area contributed by atoms with Crippen molar-refractivity contribution in [3.05, 3.63) is 39.2 Å². The van der Waals surface area contributed by atoms with E-state index in [0.717, 1.165) is 23.6 Å². The molecule has 0 amide bonds. The molecule has 4 nitrogen and oxygen atoms in total. The van der Waals surface area contributed by atoms with Crippen LogP contribution in [-0.4, -0.2) is 16.6 Å². The molecule has 0 radical (unpaired) electrons. The molecule has 2 N–H and O–H groups in total. The van der Waals surface area contributed by atoms with Gasteiger partial charge >= 0.3 is 0 Å². The Kier molecular flexibility index (Phi) is 4.39. The molecule has 0 spiro atoms. The van der Waals surface area contributed by atoms with Crippen LogP contribution in [0.5, 0.6) is 0 Å². The average molecular weight is 320 g/mol. The van der Waals surface area contributed by atoms with Crippen LogP contribution in [-0.2, 0) is 12.1 Å². The molecular formula is C17H24N2O2S. The summed E-state index contributed by atoms with van der Waals surface area (Å²) in [5.41, 5.74) is -0.0690. The second-order valence-electron chi connectivity index (χ2n) is 6.50. The highest BCUT2D eigenvalue weighted by molar-refractivity contribution is 7.11. The number of hydrogen-bond donors (Lipinski definition) is 2. The van der Waals surface area contributed by atoms with Crippen molar-refractivity contribution in [2.24, 2.45) is 0 Å². The minimum Gasteiger partial charge on any atom is -0.466 e. The first-order valence-corrected chi connectivity index (χ1v) is 8.72. The lowest BCUT2D eigenvalue weighted by Gasteiger charge is -2.23. The first kappa shape index (κ1) is 15.7. The summed E-state index contributed by atoms with van der Waals surface area (Å²) in [6.07, 6.45) is 5.87. The second-order valence-corrected chi connectivity index (χ2v) is 7.64. The zero-order valence-corrected chi connectivity index (χ0v) is 14.3. The number of aryl methyl sites for hydroxylation is 2. The molecule has 2 heterocycles. The Hall–Kier alpha value is -1.17. The summed E-state index contributed by atoms with van der Waals surface area (Å²) in [5, 5.41) is 15.3. The number of aliphatic hydroxyl groups is 1. The van der Waals surface area contributed by atoms with Gasteiger partial charge in [-0.05, 0) is 39.7 Å². The van der Waals surface area contributed by atoms with E-state index in [4.69, 9.17) is 4.42 Å². The molecule has 22 heavy (non-hydrogen) atoms. The standard InChI is InChI=1S/C17H24N2O2S/c1-11-7-15(12(2)21-11)17(3,20)10-18-8-14-9-19-16(22-14)13-5-4-6-13/h7,9,13,18,20H,4-6,8,10H2,1-3H3. The lowest BCUT2D eigenvalue weighted by Crippen LogP contribution is -2.35. The van der Waals surface area contributed by atoms with E-state index in [1.165, 1.54) is 29.1 Å². The van der Waals surface area contributed by atoms with Crippen LogP contribution in [0.3, 0.4) is 0 Å². The first-order chi connectivity index (χ1) is 10.5. The number of thiazole rings is 1. The first-order valence-electron chi connectivity index (χ1n) is 7.91. The number of nitrogens with zero attached hydrogens (tertiary/aromatic N) is 1. The van der Waals surface area contributed by atoms with Crippen LogP contribution in [0, 0.1) is 13.8 Å². The maximum Gasteiger partial charge on any atom is 0.107 e. The van der Waals surface area contributed by atoms with E-state index in [2.05, 4.69) is 10.3 Å². The van der Waals surface area contributed by atoms with E-state index in [-0.39, 0.29) is 0 Å². The highest BCUT2D eigenvalue weighted by Crippen LogP contribution is 2.38. The Morgan fingerprint density at radius 3 is 2.82 bits per heavy atom. The van der Waals surface area contributed by atoms with E-state index < -0.39 is 5.60 Å². The summed E-state index contributed by atoms with van der Waals surface area (Å²) < 4.78 is 5.52. The average Bonchev–Trinajstić information content (AvgIpc) is 2.94. The maximum absolute atomic E-state index is 10.7. The summed E-state index contributed by atoms with van der Waals surface area (Å²) in [6, 6.07) is 1.92. The van der Waals surface area contributed by atoms with Gasteiger partial charge in [0.1, 0.15) is 17.1 Å². The zero-order chi connectivity index (χ0) is 15.7. The minimum absolute atomic E-state index is 0.490. The van der Waals surface area contributed by atoms with Gasteiger partial charge < -0.3 is 14.8 Å². The summed E-state index contributed by atoms with van der Waals surface area (Å²) >= 11 is 1.80. The number of hydrogen-bond acceptors (Lipinski definition) is 5. The number of nitrogens with one attached hydrogen (secondary N) is 1. The maximum atomic E-state index is 10.7. The molecule has 1 saturated carbocycles. The van der Waals surface area contributed by atoms with Crippen molar-refractivity contribution >= 4 is 11.3 Å². The SMILES string of the molecule is Cc1cc(C(C)(O)CNCc2cnc(C3CCC3)s2)c(C)o1. The number of rotatable bonds is 6. The molecule has 2 aromatic rings. The molecule has 0 saturated heterocycles. The monoisotopic (exact) mass is 320 g/mol. The van der Waals surface area contributed by atoms with E-state index in [9.17, 15) is 5.11 Å². The molecule has 0 aliphatic heterocycles. The van der Waals surface area contributed by atoms with Crippen LogP contribution in [0.1, 0.15) is 59.1 Å². The summed E-state index contributed by atoms with van der Waals surface area (Å²) in [6.45, 7) is 6.86. The van der Waals surface area contributed by atoms with E-state index in [1.807, 2.05) is 33.0 Å². The largest absolute Gasteiger partial charge is 0.466 e. The zero-order valence-electron chi connectivity index (χ0n) is 13.5. The summed E-state index contributed by atoms with van der Waals surface area (Å²) in [5.74, 6) is 2.31. The summed E-state index contributed by atoms with van der Waals surface area (Å²) in [7, 11) is 0. The van der Waals surface area contributed by atoms with E-state index >= 15 is 0 Å². The third-order valence-corrected chi connectivity index (χ3v) is 5.58. The molecule has 1 atom stereocenters. The van der Waals surface area contributed by atoms with Crippen LogP contribution in [0.2, 0.25) is 0 Å². The Balaban J connectivity index is 1.55. The van der Waals surface area contributed by atoms with Crippen molar-refractivity contribution in [3.8, 4) is 0 Å². The quantitative estimate of drug-likeness (QED) is 0.853. The molecule has 0 aromatic carbocycles.